The molecule has 2 rings (SSSR count). The SMILES string of the molecule is CC1CCC(N(C)c2ccc(C(N)=NO)cn2)CC1. The van der Waals surface area contributed by atoms with Crippen molar-refractivity contribution >= 4 is 11.7 Å². The fourth-order valence-corrected chi connectivity index (χ4v) is 2.62. The predicted molar refractivity (Wildman–Crippen MR) is 76.6 cm³/mol. The van der Waals surface area contributed by atoms with E-state index in [4.69, 9.17) is 10.9 Å². The minimum atomic E-state index is 0.0909. The maximum Gasteiger partial charge on any atom is 0.171 e. The van der Waals surface area contributed by atoms with Gasteiger partial charge >= 0.3 is 0 Å². The van der Waals surface area contributed by atoms with E-state index in [1.807, 2.05) is 12.1 Å². The van der Waals surface area contributed by atoms with Crippen LogP contribution in [-0.2, 0) is 0 Å². The van der Waals surface area contributed by atoms with Crippen LogP contribution < -0.4 is 10.6 Å². The molecule has 1 aromatic rings. The molecular formula is C14H22N4O. The maximum atomic E-state index is 8.62. The molecule has 0 atom stereocenters. The van der Waals surface area contributed by atoms with Crippen molar-refractivity contribution in [1.82, 2.24) is 4.98 Å². The molecule has 3 N–H and O–H groups in total. The number of hydrogen-bond acceptors (Lipinski definition) is 4. The van der Waals surface area contributed by atoms with Crippen LogP contribution in [0.3, 0.4) is 0 Å². The van der Waals surface area contributed by atoms with Gasteiger partial charge in [0, 0.05) is 24.8 Å². The minimum absolute atomic E-state index is 0.0909. The molecule has 104 valence electrons. The van der Waals surface area contributed by atoms with Crippen LogP contribution in [0.4, 0.5) is 5.82 Å². The van der Waals surface area contributed by atoms with Gasteiger partial charge in [0.1, 0.15) is 5.82 Å². The highest BCUT2D eigenvalue weighted by Gasteiger charge is 2.22. The largest absolute Gasteiger partial charge is 0.409 e. The lowest BCUT2D eigenvalue weighted by molar-refractivity contribution is 0.318. The number of amidine groups is 1. The summed E-state index contributed by atoms with van der Waals surface area (Å²) in [5, 5.41) is 11.6. The van der Waals surface area contributed by atoms with Crippen molar-refractivity contribution in [3.8, 4) is 0 Å². The first-order chi connectivity index (χ1) is 9.11. The summed E-state index contributed by atoms with van der Waals surface area (Å²) in [5.41, 5.74) is 6.16. The third-order valence-electron chi connectivity index (χ3n) is 4.05. The summed E-state index contributed by atoms with van der Waals surface area (Å²) in [6.07, 6.45) is 6.67. The number of pyridine rings is 1. The van der Waals surface area contributed by atoms with Gasteiger partial charge < -0.3 is 15.8 Å². The van der Waals surface area contributed by atoms with E-state index in [0.29, 0.717) is 11.6 Å². The Balaban J connectivity index is 2.05. The molecule has 0 unspecified atom stereocenters. The average Bonchev–Trinajstić information content (AvgIpc) is 2.46. The number of nitrogens with zero attached hydrogens (tertiary/aromatic N) is 3. The Morgan fingerprint density at radius 1 is 1.37 bits per heavy atom. The van der Waals surface area contributed by atoms with Gasteiger partial charge in [-0.05, 0) is 43.7 Å². The maximum absolute atomic E-state index is 8.62. The predicted octanol–water partition coefficient (Wildman–Crippen LogP) is 2.19. The van der Waals surface area contributed by atoms with Crippen LogP contribution >= 0.6 is 0 Å². The quantitative estimate of drug-likeness (QED) is 0.379. The zero-order valence-corrected chi connectivity index (χ0v) is 11.6. The molecule has 1 fully saturated rings. The van der Waals surface area contributed by atoms with Crippen molar-refractivity contribution < 1.29 is 5.21 Å². The molecule has 1 aliphatic rings. The fourth-order valence-electron chi connectivity index (χ4n) is 2.62. The highest BCUT2D eigenvalue weighted by molar-refractivity contribution is 5.96. The summed E-state index contributed by atoms with van der Waals surface area (Å²) in [5.74, 6) is 1.88. The molecule has 0 radical (unpaired) electrons. The van der Waals surface area contributed by atoms with Crippen molar-refractivity contribution in [1.29, 1.82) is 0 Å². The summed E-state index contributed by atoms with van der Waals surface area (Å²) in [7, 11) is 2.09. The second kappa shape index (κ2) is 5.91. The number of anilines is 1. The van der Waals surface area contributed by atoms with Crippen molar-refractivity contribution in [2.24, 2.45) is 16.8 Å². The second-order valence-electron chi connectivity index (χ2n) is 5.41. The van der Waals surface area contributed by atoms with Gasteiger partial charge in [-0.25, -0.2) is 4.98 Å². The topological polar surface area (TPSA) is 74.7 Å². The van der Waals surface area contributed by atoms with Gasteiger partial charge in [-0.3, -0.25) is 0 Å². The van der Waals surface area contributed by atoms with Gasteiger partial charge in [-0.1, -0.05) is 12.1 Å². The van der Waals surface area contributed by atoms with E-state index in [1.165, 1.54) is 25.7 Å². The third-order valence-corrected chi connectivity index (χ3v) is 4.05. The lowest BCUT2D eigenvalue weighted by Crippen LogP contribution is -2.35. The Hall–Kier alpha value is -1.78. The summed E-state index contributed by atoms with van der Waals surface area (Å²) in [6.45, 7) is 2.32. The number of hydrogen-bond donors (Lipinski definition) is 2. The zero-order valence-electron chi connectivity index (χ0n) is 11.6. The Morgan fingerprint density at radius 3 is 2.58 bits per heavy atom. The van der Waals surface area contributed by atoms with Gasteiger partial charge in [0.15, 0.2) is 5.84 Å². The van der Waals surface area contributed by atoms with Crippen LogP contribution in [0, 0.1) is 5.92 Å². The Labute approximate surface area is 114 Å². The molecular weight excluding hydrogens is 240 g/mol. The monoisotopic (exact) mass is 262 g/mol. The van der Waals surface area contributed by atoms with Crippen molar-refractivity contribution in [2.45, 2.75) is 38.6 Å². The van der Waals surface area contributed by atoms with E-state index in [9.17, 15) is 0 Å². The van der Waals surface area contributed by atoms with Crippen molar-refractivity contribution in [3.05, 3.63) is 23.9 Å². The molecule has 0 amide bonds. The highest BCUT2D eigenvalue weighted by atomic mass is 16.4. The van der Waals surface area contributed by atoms with Gasteiger partial charge in [0.05, 0.1) is 0 Å². The van der Waals surface area contributed by atoms with Crippen LogP contribution in [0.25, 0.3) is 0 Å². The normalized spacial score (nSPS) is 24.2. The van der Waals surface area contributed by atoms with E-state index in [0.717, 1.165) is 11.7 Å². The van der Waals surface area contributed by atoms with Gasteiger partial charge in [0.25, 0.3) is 0 Å². The van der Waals surface area contributed by atoms with Crippen LogP contribution in [0.5, 0.6) is 0 Å². The van der Waals surface area contributed by atoms with Gasteiger partial charge in [-0.2, -0.15) is 0 Å². The second-order valence-corrected chi connectivity index (χ2v) is 5.41. The molecule has 1 aromatic heterocycles. The van der Waals surface area contributed by atoms with Crippen LogP contribution in [0.1, 0.15) is 38.2 Å². The van der Waals surface area contributed by atoms with Crippen LogP contribution in [-0.4, -0.2) is 29.1 Å². The first-order valence-electron chi connectivity index (χ1n) is 6.78. The summed E-state index contributed by atoms with van der Waals surface area (Å²) in [4.78, 5) is 6.63. The third kappa shape index (κ3) is 3.16. The summed E-state index contributed by atoms with van der Waals surface area (Å²) < 4.78 is 0. The molecule has 1 aliphatic carbocycles. The van der Waals surface area contributed by atoms with Crippen molar-refractivity contribution in [3.63, 3.8) is 0 Å². The minimum Gasteiger partial charge on any atom is -0.409 e. The summed E-state index contributed by atoms with van der Waals surface area (Å²) >= 11 is 0. The molecule has 0 spiro atoms. The number of nitrogens with two attached hydrogens (primary N) is 1. The molecule has 1 heterocycles. The van der Waals surface area contributed by atoms with Crippen LogP contribution in [0.15, 0.2) is 23.5 Å². The molecule has 0 aliphatic heterocycles. The molecule has 5 heteroatoms. The fraction of sp³-hybridized carbons (Fsp3) is 0.571. The number of rotatable bonds is 3. The molecule has 5 nitrogen and oxygen atoms in total. The number of oxime groups is 1. The molecule has 19 heavy (non-hydrogen) atoms. The molecule has 0 bridgehead atoms. The number of aromatic nitrogens is 1. The summed E-state index contributed by atoms with van der Waals surface area (Å²) in [6, 6.07) is 4.32. The molecule has 0 saturated heterocycles. The van der Waals surface area contributed by atoms with E-state index < -0.39 is 0 Å². The lowest BCUT2D eigenvalue weighted by Gasteiger charge is -2.34. The Morgan fingerprint density at radius 2 is 2.05 bits per heavy atom. The van der Waals surface area contributed by atoms with E-state index in [2.05, 4.69) is 29.0 Å². The first-order valence-corrected chi connectivity index (χ1v) is 6.78. The van der Waals surface area contributed by atoms with E-state index in [1.54, 1.807) is 6.20 Å². The molecule has 0 aromatic carbocycles. The van der Waals surface area contributed by atoms with E-state index >= 15 is 0 Å². The smallest absolute Gasteiger partial charge is 0.171 e. The first kappa shape index (κ1) is 13.6. The average molecular weight is 262 g/mol. The Bertz CT molecular complexity index is 435. The zero-order chi connectivity index (χ0) is 13.8. The standard InChI is InChI=1S/C14H22N4O/c1-10-3-6-12(7-4-10)18(2)13-8-5-11(9-16-13)14(15)17-19/h5,8-10,12,19H,3-4,6-7H2,1-2H3,(H2,15,17). The van der Waals surface area contributed by atoms with Gasteiger partial charge in [-0.15, -0.1) is 0 Å². The van der Waals surface area contributed by atoms with Crippen LogP contribution in [0.2, 0.25) is 0 Å². The van der Waals surface area contributed by atoms with E-state index in [-0.39, 0.29) is 5.84 Å². The highest BCUT2D eigenvalue weighted by Crippen LogP contribution is 2.28. The Kier molecular flexibility index (Phi) is 4.24. The van der Waals surface area contributed by atoms with Gasteiger partial charge in [0.2, 0.25) is 0 Å². The lowest BCUT2D eigenvalue weighted by atomic mass is 9.87. The molecule has 1 saturated carbocycles. The van der Waals surface area contributed by atoms with Crippen molar-refractivity contribution in [2.75, 3.05) is 11.9 Å².